The lowest BCUT2D eigenvalue weighted by Crippen LogP contribution is -2.30. The van der Waals surface area contributed by atoms with Gasteiger partial charge in [-0.05, 0) is 20.3 Å². The standard InChI is InChI=1S/C9H16N2O.C2H4/c1-4-7(2)5-6-8(3)9(12)11-10;1-2/h5-6H,4,10H2,1-3H3,(H,11,12);1-2H2/b7-5-,8-6+;. The van der Waals surface area contributed by atoms with Gasteiger partial charge in [-0.3, -0.25) is 10.2 Å². The third kappa shape index (κ3) is 7.31. The predicted molar refractivity (Wildman–Crippen MR) is 61.4 cm³/mol. The summed E-state index contributed by atoms with van der Waals surface area (Å²) in [5.41, 5.74) is 3.92. The van der Waals surface area contributed by atoms with E-state index in [0.717, 1.165) is 6.42 Å². The highest BCUT2D eigenvalue weighted by Crippen LogP contribution is 2.00. The first-order valence-electron chi connectivity index (χ1n) is 4.46. The van der Waals surface area contributed by atoms with Crippen molar-refractivity contribution in [2.45, 2.75) is 27.2 Å². The van der Waals surface area contributed by atoms with Crippen molar-refractivity contribution in [3.05, 3.63) is 36.5 Å². The summed E-state index contributed by atoms with van der Waals surface area (Å²) in [5.74, 6) is 4.71. The second kappa shape index (κ2) is 9.74. The number of hydrogen-bond acceptors (Lipinski definition) is 2. The van der Waals surface area contributed by atoms with Crippen molar-refractivity contribution >= 4 is 5.91 Å². The highest BCUT2D eigenvalue weighted by atomic mass is 16.2. The molecule has 0 spiro atoms. The van der Waals surface area contributed by atoms with Gasteiger partial charge in [0.2, 0.25) is 0 Å². The van der Waals surface area contributed by atoms with Crippen molar-refractivity contribution in [1.29, 1.82) is 0 Å². The summed E-state index contributed by atoms with van der Waals surface area (Å²) in [7, 11) is 0. The van der Waals surface area contributed by atoms with Gasteiger partial charge in [0, 0.05) is 5.57 Å². The summed E-state index contributed by atoms with van der Waals surface area (Å²) >= 11 is 0. The maximum absolute atomic E-state index is 10.9. The largest absolute Gasteiger partial charge is 0.290 e. The van der Waals surface area contributed by atoms with E-state index in [1.165, 1.54) is 5.57 Å². The first-order chi connectivity index (χ1) is 6.61. The van der Waals surface area contributed by atoms with E-state index in [0.29, 0.717) is 5.57 Å². The van der Waals surface area contributed by atoms with E-state index < -0.39 is 0 Å². The lowest BCUT2D eigenvalue weighted by molar-refractivity contribution is -0.117. The van der Waals surface area contributed by atoms with E-state index in [4.69, 9.17) is 5.84 Å². The van der Waals surface area contributed by atoms with E-state index in [1.54, 1.807) is 13.0 Å². The molecule has 14 heavy (non-hydrogen) atoms. The molecule has 0 radical (unpaired) electrons. The van der Waals surface area contributed by atoms with Crippen LogP contribution in [-0.4, -0.2) is 5.91 Å². The fourth-order valence-corrected chi connectivity index (χ4v) is 0.575. The average molecular weight is 196 g/mol. The maximum atomic E-state index is 10.9. The van der Waals surface area contributed by atoms with Crippen LogP contribution in [0.4, 0.5) is 0 Å². The van der Waals surface area contributed by atoms with Crippen LogP contribution >= 0.6 is 0 Å². The molecule has 0 atom stereocenters. The van der Waals surface area contributed by atoms with Gasteiger partial charge in [-0.25, -0.2) is 5.84 Å². The van der Waals surface area contributed by atoms with E-state index in [2.05, 4.69) is 25.5 Å². The zero-order valence-corrected chi connectivity index (χ0v) is 9.26. The second-order valence-corrected chi connectivity index (χ2v) is 2.69. The van der Waals surface area contributed by atoms with Crippen LogP contribution in [0.2, 0.25) is 0 Å². The molecule has 3 N–H and O–H groups in total. The first kappa shape index (κ1) is 15.1. The van der Waals surface area contributed by atoms with Crippen LogP contribution in [0, 0.1) is 0 Å². The summed E-state index contributed by atoms with van der Waals surface area (Å²) in [4.78, 5) is 10.9. The summed E-state index contributed by atoms with van der Waals surface area (Å²) in [5, 5.41) is 0. The van der Waals surface area contributed by atoms with Crippen molar-refractivity contribution in [2.75, 3.05) is 0 Å². The highest BCUT2D eigenvalue weighted by molar-refractivity contribution is 5.92. The van der Waals surface area contributed by atoms with Gasteiger partial charge >= 0.3 is 0 Å². The number of hydrogen-bond donors (Lipinski definition) is 2. The van der Waals surface area contributed by atoms with Crippen molar-refractivity contribution in [1.82, 2.24) is 5.43 Å². The Labute approximate surface area is 86.3 Å². The molecule has 0 saturated carbocycles. The van der Waals surface area contributed by atoms with E-state index in [9.17, 15) is 4.79 Å². The normalized spacial score (nSPS) is 11.4. The number of amides is 1. The smallest absolute Gasteiger partial charge is 0.260 e. The molecule has 0 aromatic carbocycles. The Bertz CT molecular complexity index is 229. The zero-order valence-electron chi connectivity index (χ0n) is 9.26. The number of rotatable bonds is 3. The van der Waals surface area contributed by atoms with E-state index in [-0.39, 0.29) is 5.91 Å². The van der Waals surface area contributed by atoms with Crippen LogP contribution in [0.3, 0.4) is 0 Å². The molecule has 80 valence electrons. The van der Waals surface area contributed by atoms with E-state index >= 15 is 0 Å². The number of nitrogens with one attached hydrogen (secondary N) is 1. The summed E-state index contributed by atoms with van der Waals surface area (Å²) in [6.07, 6.45) is 4.68. The van der Waals surface area contributed by atoms with Gasteiger partial charge in [0.25, 0.3) is 5.91 Å². The van der Waals surface area contributed by atoms with Crippen molar-refractivity contribution in [2.24, 2.45) is 5.84 Å². The molecular weight excluding hydrogens is 176 g/mol. The number of allylic oxidation sites excluding steroid dienone is 3. The van der Waals surface area contributed by atoms with Gasteiger partial charge < -0.3 is 0 Å². The maximum Gasteiger partial charge on any atom is 0.260 e. The Morgan fingerprint density at radius 1 is 1.36 bits per heavy atom. The van der Waals surface area contributed by atoms with Gasteiger partial charge in [-0.1, -0.05) is 24.6 Å². The molecule has 0 aromatic heterocycles. The molecule has 1 amide bonds. The van der Waals surface area contributed by atoms with Crippen LogP contribution < -0.4 is 11.3 Å². The predicted octanol–water partition coefficient (Wildman–Crippen LogP) is 2.08. The lowest BCUT2D eigenvalue weighted by Gasteiger charge is -1.96. The third-order valence-electron chi connectivity index (χ3n) is 1.66. The van der Waals surface area contributed by atoms with Crippen LogP contribution in [-0.2, 0) is 4.79 Å². The minimum atomic E-state index is -0.241. The molecule has 0 aliphatic heterocycles. The zero-order chi connectivity index (χ0) is 11.6. The molecule has 3 nitrogen and oxygen atoms in total. The molecule has 0 bridgehead atoms. The Balaban J connectivity index is 0. The molecule has 0 fully saturated rings. The monoisotopic (exact) mass is 196 g/mol. The molecule has 0 aromatic rings. The van der Waals surface area contributed by atoms with Crippen LogP contribution in [0.15, 0.2) is 36.5 Å². The number of carbonyl (C=O) groups is 1. The Hall–Kier alpha value is -1.35. The average Bonchev–Trinajstić information content (AvgIpc) is 2.26. The van der Waals surface area contributed by atoms with Gasteiger partial charge in [-0.2, -0.15) is 0 Å². The number of nitrogens with two attached hydrogens (primary N) is 1. The Morgan fingerprint density at radius 3 is 2.21 bits per heavy atom. The van der Waals surface area contributed by atoms with Crippen LogP contribution in [0.5, 0.6) is 0 Å². The van der Waals surface area contributed by atoms with E-state index in [1.807, 2.05) is 13.0 Å². The molecule has 3 heteroatoms. The van der Waals surface area contributed by atoms with Crippen molar-refractivity contribution in [3.63, 3.8) is 0 Å². The van der Waals surface area contributed by atoms with Gasteiger partial charge in [-0.15, -0.1) is 13.2 Å². The van der Waals surface area contributed by atoms with Crippen molar-refractivity contribution in [3.8, 4) is 0 Å². The van der Waals surface area contributed by atoms with Crippen LogP contribution in [0.25, 0.3) is 0 Å². The highest BCUT2D eigenvalue weighted by Gasteiger charge is 1.97. The topological polar surface area (TPSA) is 55.1 Å². The summed E-state index contributed by atoms with van der Waals surface area (Å²) < 4.78 is 0. The number of carbonyl (C=O) groups excluding carboxylic acids is 1. The van der Waals surface area contributed by atoms with Crippen LogP contribution in [0.1, 0.15) is 27.2 Å². The Kier molecular flexibility index (Phi) is 10.5. The molecule has 0 heterocycles. The quantitative estimate of drug-likeness (QED) is 0.181. The molecule has 0 aliphatic carbocycles. The minimum Gasteiger partial charge on any atom is -0.290 e. The molecule has 0 aliphatic rings. The molecular formula is C11H20N2O. The van der Waals surface area contributed by atoms with Gasteiger partial charge in [0.1, 0.15) is 0 Å². The SMILES string of the molecule is C=C.CC/C(C)=C\C=C(/C)C(=O)NN. The molecule has 0 unspecified atom stereocenters. The second-order valence-electron chi connectivity index (χ2n) is 2.69. The summed E-state index contributed by atoms with van der Waals surface area (Å²) in [6.45, 7) is 11.8. The fraction of sp³-hybridized carbons (Fsp3) is 0.364. The van der Waals surface area contributed by atoms with Gasteiger partial charge in [0.05, 0.1) is 0 Å². The fourth-order valence-electron chi connectivity index (χ4n) is 0.575. The first-order valence-corrected chi connectivity index (χ1v) is 4.46. The minimum absolute atomic E-state index is 0.241. The Morgan fingerprint density at radius 2 is 1.86 bits per heavy atom. The molecule has 0 saturated heterocycles. The third-order valence-corrected chi connectivity index (χ3v) is 1.66. The molecule has 0 rings (SSSR count). The van der Waals surface area contributed by atoms with Gasteiger partial charge in [0.15, 0.2) is 0 Å². The lowest BCUT2D eigenvalue weighted by atomic mass is 10.2. The number of hydrazine groups is 1. The van der Waals surface area contributed by atoms with Crippen molar-refractivity contribution < 1.29 is 4.79 Å². The summed E-state index contributed by atoms with van der Waals surface area (Å²) in [6, 6.07) is 0.